The van der Waals surface area contributed by atoms with Gasteiger partial charge in [0.05, 0.1) is 22.2 Å². The van der Waals surface area contributed by atoms with E-state index in [1.54, 1.807) is 20.8 Å². The molecule has 2 aromatic heterocycles. The van der Waals surface area contributed by atoms with E-state index in [2.05, 4.69) is 10.1 Å². The molecule has 0 saturated carbocycles. The molecule has 0 aliphatic carbocycles. The summed E-state index contributed by atoms with van der Waals surface area (Å²) in [6, 6.07) is 8.32. The summed E-state index contributed by atoms with van der Waals surface area (Å²) in [6.07, 6.45) is 2.01. The summed E-state index contributed by atoms with van der Waals surface area (Å²) in [7, 11) is -2.63. The molecule has 2 heterocycles. The van der Waals surface area contributed by atoms with Gasteiger partial charge in [0.15, 0.2) is 10.8 Å². The van der Waals surface area contributed by atoms with Crippen molar-refractivity contribution in [1.29, 1.82) is 0 Å². The van der Waals surface area contributed by atoms with Crippen LogP contribution in [0.2, 0.25) is 5.02 Å². The molecule has 0 unspecified atom stereocenters. The normalized spacial score (nSPS) is 11.9. The Bertz CT molecular complexity index is 1240. The van der Waals surface area contributed by atoms with E-state index in [-0.39, 0.29) is 32.9 Å². The fourth-order valence-corrected chi connectivity index (χ4v) is 4.31. The van der Waals surface area contributed by atoms with Gasteiger partial charge < -0.3 is 9.64 Å². The Morgan fingerprint density at radius 2 is 1.97 bits per heavy atom. The summed E-state index contributed by atoms with van der Waals surface area (Å²) in [5.41, 5.74) is -0.644. The highest BCUT2D eigenvalue weighted by molar-refractivity contribution is 7.91. The van der Waals surface area contributed by atoms with Crippen LogP contribution in [0.25, 0.3) is 5.69 Å². The number of carbonyl (C=O) groups excluding carboxylic acids is 1. The first-order valence-electron chi connectivity index (χ1n) is 9.53. The second kappa shape index (κ2) is 8.87. The molecule has 0 fully saturated rings. The molecular formula is C21H22ClFN4O4S. The van der Waals surface area contributed by atoms with Crippen LogP contribution in [0.3, 0.4) is 0 Å². The molecule has 11 heteroatoms. The van der Waals surface area contributed by atoms with Gasteiger partial charge in [0.25, 0.3) is 0 Å². The molecule has 1 aromatic carbocycles. The summed E-state index contributed by atoms with van der Waals surface area (Å²) in [4.78, 5) is 17.3. The first-order chi connectivity index (χ1) is 14.9. The highest BCUT2D eigenvalue weighted by atomic mass is 35.5. The van der Waals surface area contributed by atoms with Crippen molar-refractivity contribution in [3.63, 3.8) is 0 Å². The van der Waals surface area contributed by atoms with Crippen molar-refractivity contribution in [3.8, 4) is 5.69 Å². The summed E-state index contributed by atoms with van der Waals surface area (Å²) in [6.45, 7) is 5.12. The predicted octanol–water partition coefficient (Wildman–Crippen LogP) is 4.26. The number of hydrogen-bond acceptors (Lipinski definition) is 6. The van der Waals surface area contributed by atoms with Gasteiger partial charge in [0.2, 0.25) is 9.84 Å². The molecule has 0 aliphatic rings. The zero-order valence-corrected chi connectivity index (χ0v) is 19.5. The Hall–Kier alpha value is -2.98. The number of ether oxygens (including phenoxy) is 1. The minimum Gasteiger partial charge on any atom is -0.444 e. The van der Waals surface area contributed by atoms with Crippen LogP contribution in [0.4, 0.5) is 9.18 Å². The smallest absolute Gasteiger partial charge is 0.410 e. The molecule has 1 amide bonds. The van der Waals surface area contributed by atoms with Crippen LogP contribution in [0.15, 0.2) is 58.7 Å². The Morgan fingerprint density at radius 3 is 2.59 bits per heavy atom. The fourth-order valence-electron chi connectivity index (χ4n) is 2.78. The third kappa shape index (κ3) is 5.08. The molecule has 0 spiro atoms. The fraction of sp³-hybridized carbons (Fsp3) is 0.286. The van der Waals surface area contributed by atoms with Crippen LogP contribution in [0, 0.1) is 5.82 Å². The standard InChI is InChI=1S/C21H22ClFN4O4S/c1-21(2,3)31-20(28)26(4)13-14-11-18(32(29,30)15-7-6-10-24-12-15)27(25-14)17-9-5-8-16(22)19(17)23/h5-12H,13H2,1-4H3. The van der Waals surface area contributed by atoms with Crippen molar-refractivity contribution < 1.29 is 22.3 Å². The van der Waals surface area contributed by atoms with Gasteiger partial charge in [-0.15, -0.1) is 0 Å². The van der Waals surface area contributed by atoms with Gasteiger partial charge >= 0.3 is 6.09 Å². The first-order valence-corrected chi connectivity index (χ1v) is 11.4. The summed E-state index contributed by atoms with van der Waals surface area (Å²) < 4.78 is 47.6. The number of carbonyl (C=O) groups is 1. The van der Waals surface area contributed by atoms with Crippen LogP contribution in [-0.4, -0.2) is 46.8 Å². The highest BCUT2D eigenvalue weighted by Gasteiger charge is 2.28. The largest absolute Gasteiger partial charge is 0.444 e. The average Bonchev–Trinajstić information content (AvgIpc) is 3.13. The van der Waals surface area contributed by atoms with Gasteiger partial charge in [-0.3, -0.25) is 4.98 Å². The van der Waals surface area contributed by atoms with Crippen molar-refractivity contribution in [2.45, 2.75) is 42.8 Å². The summed E-state index contributed by atoms with van der Waals surface area (Å²) in [5.74, 6) is -0.827. The molecule has 3 rings (SSSR count). The lowest BCUT2D eigenvalue weighted by Crippen LogP contribution is -2.33. The molecule has 0 N–H and O–H groups in total. The molecular weight excluding hydrogens is 459 g/mol. The average molecular weight is 481 g/mol. The SMILES string of the molecule is CN(Cc1cc(S(=O)(=O)c2cccnc2)n(-c2cccc(Cl)c2F)n1)C(=O)OC(C)(C)C. The number of hydrogen-bond donors (Lipinski definition) is 0. The molecule has 0 saturated heterocycles. The quantitative estimate of drug-likeness (QED) is 0.541. The predicted molar refractivity (Wildman–Crippen MR) is 116 cm³/mol. The topological polar surface area (TPSA) is 94.4 Å². The highest BCUT2D eigenvalue weighted by Crippen LogP contribution is 2.28. The van der Waals surface area contributed by atoms with E-state index in [0.717, 1.165) is 4.68 Å². The number of pyridine rings is 1. The maximum absolute atomic E-state index is 14.8. The Balaban J connectivity index is 2.09. The monoisotopic (exact) mass is 480 g/mol. The van der Waals surface area contributed by atoms with Gasteiger partial charge in [0, 0.05) is 25.5 Å². The number of sulfone groups is 1. The molecule has 0 bridgehead atoms. The molecule has 0 aliphatic heterocycles. The third-order valence-electron chi connectivity index (χ3n) is 4.21. The van der Waals surface area contributed by atoms with E-state index in [0.29, 0.717) is 0 Å². The van der Waals surface area contributed by atoms with Gasteiger partial charge in [-0.2, -0.15) is 5.10 Å². The van der Waals surface area contributed by atoms with Gasteiger partial charge in [0.1, 0.15) is 11.3 Å². The Morgan fingerprint density at radius 1 is 1.25 bits per heavy atom. The van der Waals surface area contributed by atoms with Crippen molar-refractivity contribution in [1.82, 2.24) is 19.7 Å². The van der Waals surface area contributed by atoms with Gasteiger partial charge in [-0.25, -0.2) is 22.3 Å². The molecule has 3 aromatic rings. The van der Waals surface area contributed by atoms with Crippen molar-refractivity contribution in [2.24, 2.45) is 0 Å². The van der Waals surface area contributed by atoms with E-state index in [9.17, 15) is 17.6 Å². The summed E-state index contributed by atoms with van der Waals surface area (Å²) in [5, 5.41) is 3.78. The molecule has 32 heavy (non-hydrogen) atoms. The van der Waals surface area contributed by atoms with Crippen molar-refractivity contribution in [3.05, 3.63) is 65.3 Å². The number of benzene rings is 1. The van der Waals surface area contributed by atoms with Crippen LogP contribution >= 0.6 is 11.6 Å². The van der Waals surface area contributed by atoms with Crippen molar-refractivity contribution in [2.75, 3.05) is 7.05 Å². The second-order valence-electron chi connectivity index (χ2n) is 7.99. The second-order valence-corrected chi connectivity index (χ2v) is 10.3. The van der Waals surface area contributed by atoms with Crippen LogP contribution in [0.5, 0.6) is 0 Å². The molecule has 170 valence electrons. The number of halogens is 2. The number of aromatic nitrogens is 3. The summed E-state index contributed by atoms with van der Waals surface area (Å²) >= 11 is 5.90. The minimum atomic E-state index is -4.12. The minimum absolute atomic E-state index is 0.0698. The maximum atomic E-state index is 14.8. The van der Waals surface area contributed by atoms with Crippen LogP contribution < -0.4 is 0 Å². The van der Waals surface area contributed by atoms with Crippen LogP contribution in [-0.2, 0) is 21.1 Å². The lowest BCUT2D eigenvalue weighted by molar-refractivity contribution is 0.0283. The lowest BCUT2D eigenvalue weighted by atomic mass is 10.2. The number of amides is 1. The maximum Gasteiger partial charge on any atom is 0.410 e. The number of nitrogens with zero attached hydrogens (tertiary/aromatic N) is 4. The first kappa shape index (κ1) is 23.7. The Labute approximate surface area is 190 Å². The zero-order chi connectivity index (χ0) is 23.7. The van der Waals surface area contributed by atoms with Crippen LogP contribution in [0.1, 0.15) is 26.5 Å². The van der Waals surface area contributed by atoms with E-state index in [1.807, 2.05) is 0 Å². The van der Waals surface area contributed by atoms with Crippen molar-refractivity contribution >= 4 is 27.5 Å². The lowest BCUT2D eigenvalue weighted by Gasteiger charge is -2.24. The third-order valence-corrected chi connectivity index (χ3v) is 6.21. The van der Waals surface area contributed by atoms with E-state index >= 15 is 0 Å². The molecule has 8 nitrogen and oxygen atoms in total. The van der Waals surface area contributed by atoms with E-state index in [1.165, 1.54) is 60.7 Å². The Kier molecular flexibility index (Phi) is 6.56. The zero-order valence-electron chi connectivity index (χ0n) is 17.9. The molecule has 0 radical (unpaired) electrons. The van der Waals surface area contributed by atoms with Gasteiger partial charge in [-0.05, 0) is 45.0 Å². The van der Waals surface area contributed by atoms with E-state index < -0.39 is 27.3 Å². The number of rotatable bonds is 5. The van der Waals surface area contributed by atoms with E-state index in [4.69, 9.17) is 16.3 Å². The molecule has 0 atom stereocenters. The van der Waals surface area contributed by atoms with Gasteiger partial charge in [-0.1, -0.05) is 17.7 Å².